The largest absolute Gasteiger partial charge is 0.383 e. The summed E-state index contributed by atoms with van der Waals surface area (Å²) in [5.41, 5.74) is 0.804. The van der Waals surface area contributed by atoms with Crippen molar-refractivity contribution in [3.8, 4) is 0 Å². The maximum absolute atomic E-state index is 13.2. The van der Waals surface area contributed by atoms with E-state index in [2.05, 4.69) is 10.00 Å². The highest BCUT2D eigenvalue weighted by molar-refractivity contribution is 6.42. The molecule has 0 spiro atoms. The maximum Gasteiger partial charge on any atom is 0.274 e. The van der Waals surface area contributed by atoms with E-state index in [9.17, 15) is 9.59 Å². The average Bonchev–Trinajstić information content (AvgIpc) is 2.68. The third-order valence-corrected chi connectivity index (χ3v) is 5.01. The van der Waals surface area contributed by atoms with Crippen LogP contribution in [-0.2, 0) is 17.8 Å². The van der Waals surface area contributed by atoms with E-state index < -0.39 is 0 Å². The number of amides is 1. The first kappa shape index (κ1) is 23.3. The third kappa shape index (κ3) is 7.12. The highest BCUT2D eigenvalue weighted by Gasteiger charge is 2.19. The van der Waals surface area contributed by atoms with Crippen LogP contribution in [0.5, 0.6) is 0 Å². The molecular formula is C20H26Cl2N4O3. The van der Waals surface area contributed by atoms with Crippen molar-refractivity contribution in [2.24, 2.45) is 0 Å². The van der Waals surface area contributed by atoms with Crippen LogP contribution in [0.15, 0.2) is 35.1 Å². The standard InChI is InChI=1S/C20H26Cl2N4O3/c1-24(2)9-4-10-25(14-15-5-6-16(21)17(22)13-15)20(28)18-7-8-19(27)26(23-18)11-12-29-3/h5-8,13H,4,9-12,14H2,1-3H3. The Balaban J connectivity index is 2.25. The Morgan fingerprint density at radius 1 is 1.14 bits per heavy atom. The number of halogens is 2. The van der Waals surface area contributed by atoms with Crippen LogP contribution in [0.1, 0.15) is 22.5 Å². The van der Waals surface area contributed by atoms with E-state index in [0.29, 0.717) is 29.7 Å². The lowest BCUT2D eigenvalue weighted by Crippen LogP contribution is -2.35. The summed E-state index contributed by atoms with van der Waals surface area (Å²) >= 11 is 12.1. The second kappa shape index (κ2) is 11.3. The van der Waals surface area contributed by atoms with Crippen LogP contribution in [0.25, 0.3) is 0 Å². The fourth-order valence-corrected chi connectivity index (χ4v) is 3.07. The zero-order valence-electron chi connectivity index (χ0n) is 16.9. The molecule has 0 bridgehead atoms. The van der Waals surface area contributed by atoms with Crippen LogP contribution < -0.4 is 5.56 Å². The highest BCUT2D eigenvalue weighted by Crippen LogP contribution is 2.23. The molecule has 2 aromatic rings. The number of hydrogen-bond donors (Lipinski definition) is 0. The maximum atomic E-state index is 13.2. The number of rotatable bonds is 10. The molecule has 2 rings (SSSR count). The van der Waals surface area contributed by atoms with E-state index in [1.807, 2.05) is 20.2 Å². The zero-order chi connectivity index (χ0) is 21.4. The molecule has 0 radical (unpaired) electrons. The third-order valence-electron chi connectivity index (χ3n) is 4.27. The van der Waals surface area contributed by atoms with E-state index in [1.54, 1.807) is 24.1 Å². The van der Waals surface area contributed by atoms with E-state index in [4.69, 9.17) is 27.9 Å². The molecule has 9 heteroatoms. The summed E-state index contributed by atoms with van der Waals surface area (Å²) in [6, 6.07) is 8.12. The molecule has 29 heavy (non-hydrogen) atoms. The van der Waals surface area contributed by atoms with Gasteiger partial charge < -0.3 is 14.5 Å². The van der Waals surface area contributed by atoms with Crippen LogP contribution in [-0.4, -0.2) is 66.4 Å². The minimum Gasteiger partial charge on any atom is -0.383 e. The van der Waals surface area contributed by atoms with E-state index >= 15 is 0 Å². The first-order valence-corrected chi connectivity index (χ1v) is 10.0. The molecule has 0 saturated carbocycles. The van der Waals surface area contributed by atoms with Gasteiger partial charge in [-0.25, -0.2) is 4.68 Å². The Morgan fingerprint density at radius 3 is 2.55 bits per heavy atom. The lowest BCUT2D eigenvalue weighted by atomic mass is 10.2. The van der Waals surface area contributed by atoms with Crippen molar-refractivity contribution in [1.29, 1.82) is 0 Å². The molecule has 1 aromatic carbocycles. The monoisotopic (exact) mass is 440 g/mol. The second-order valence-electron chi connectivity index (χ2n) is 6.90. The van der Waals surface area contributed by atoms with Gasteiger partial charge in [-0.1, -0.05) is 29.3 Å². The molecule has 1 aromatic heterocycles. The molecular weight excluding hydrogens is 415 g/mol. The molecule has 0 aliphatic rings. The van der Waals surface area contributed by atoms with Crippen molar-refractivity contribution < 1.29 is 9.53 Å². The zero-order valence-corrected chi connectivity index (χ0v) is 18.4. The van der Waals surface area contributed by atoms with Gasteiger partial charge in [0.1, 0.15) is 5.69 Å². The van der Waals surface area contributed by atoms with Crippen molar-refractivity contribution in [2.75, 3.05) is 40.9 Å². The summed E-state index contributed by atoms with van der Waals surface area (Å²) in [5.74, 6) is -0.249. The molecule has 0 N–H and O–H groups in total. The first-order valence-electron chi connectivity index (χ1n) is 9.27. The first-order chi connectivity index (χ1) is 13.8. The summed E-state index contributed by atoms with van der Waals surface area (Å²) in [4.78, 5) is 28.9. The molecule has 0 fully saturated rings. The van der Waals surface area contributed by atoms with Gasteiger partial charge in [-0.15, -0.1) is 0 Å². The SMILES string of the molecule is COCCn1nc(C(=O)N(CCCN(C)C)Cc2ccc(Cl)c(Cl)c2)ccc1=O. The quantitative estimate of drug-likeness (QED) is 0.567. The molecule has 0 aliphatic carbocycles. The van der Waals surface area contributed by atoms with Gasteiger partial charge in [0.05, 0.1) is 23.2 Å². The predicted octanol–water partition coefficient (Wildman–Crippen LogP) is 2.79. The Hall–Kier alpha value is -1.93. The Morgan fingerprint density at radius 2 is 1.90 bits per heavy atom. The average molecular weight is 441 g/mol. The predicted molar refractivity (Wildman–Crippen MR) is 115 cm³/mol. The number of hydrogen-bond acceptors (Lipinski definition) is 5. The molecule has 0 saturated heterocycles. The van der Waals surface area contributed by atoms with Crippen molar-refractivity contribution in [3.05, 3.63) is 62.0 Å². The van der Waals surface area contributed by atoms with E-state index in [1.165, 1.54) is 16.8 Å². The number of nitrogens with zero attached hydrogens (tertiary/aromatic N) is 4. The van der Waals surface area contributed by atoms with Gasteiger partial charge in [-0.3, -0.25) is 9.59 Å². The summed E-state index contributed by atoms with van der Waals surface area (Å²) in [6.07, 6.45) is 0.795. The second-order valence-corrected chi connectivity index (χ2v) is 7.72. The van der Waals surface area contributed by atoms with Gasteiger partial charge in [0, 0.05) is 26.3 Å². The lowest BCUT2D eigenvalue weighted by Gasteiger charge is -2.24. The number of carbonyl (C=O) groups excluding carboxylic acids is 1. The summed E-state index contributed by atoms with van der Waals surface area (Å²) in [6.45, 7) is 2.36. The number of benzene rings is 1. The van der Waals surface area contributed by atoms with Crippen LogP contribution in [0.2, 0.25) is 10.0 Å². The number of methoxy groups -OCH3 is 1. The topological polar surface area (TPSA) is 67.7 Å². The normalized spacial score (nSPS) is 11.1. The summed E-state index contributed by atoms with van der Waals surface area (Å²) in [5, 5.41) is 5.13. The van der Waals surface area contributed by atoms with Crippen molar-refractivity contribution in [2.45, 2.75) is 19.5 Å². The van der Waals surface area contributed by atoms with E-state index in [-0.39, 0.29) is 23.7 Å². The van der Waals surface area contributed by atoms with Crippen LogP contribution in [0.4, 0.5) is 0 Å². The minimum absolute atomic E-state index is 0.214. The number of ether oxygens (including phenoxy) is 1. The van der Waals surface area contributed by atoms with Crippen molar-refractivity contribution >= 4 is 29.1 Å². The Kier molecular flexibility index (Phi) is 9.10. The number of aromatic nitrogens is 2. The fourth-order valence-electron chi connectivity index (χ4n) is 2.75. The van der Waals surface area contributed by atoms with Gasteiger partial charge in [0.15, 0.2) is 0 Å². The minimum atomic E-state index is -0.276. The fraction of sp³-hybridized carbons (Fsp3) is 0.450. The molecule has 1 amide bonds. The molecule has 1 heterocycles. The highest BCUT2D eigenvalue weighted by atomic mass is 35.5. The lowest BCUT2D eigenvalue weighted by molar-refractivity contribution is 0.0727. The van der Waals surface area contributed by atoms with Crippen LogP contribution in [0.3, 0.4) is 0 Å². The van der Waals surface area contributed by atoms with E-state index in [0.717, 1.165) is 18.5 Å². The summed E-state index contributed by atoms with van der Waals surface area (Å²) < 4.78 is 6.24. The van der Waals surface area contributed by atoms with Gasteiger partial charge in [0.2, 0.25) is 0 Å². The van der Waals surface area contributed by atoms with Gasteiger partial charge >= 0.3 is 0 Å². The van der Waals surface area contributed by atoms with Crippen LogP contribution in [0, 0.1) is 0 Å². The molecule has 0 aliphatic heterocycles. The molecule has 0 atom stereocenters. The van der Waals surface area contributed by atoms with Crippen LogP contribution >= 0.6 is 23.2 Å². The smallest absolute Gasteiger partial charge is 0.274 e. The Bertz CT molecular complexity index is 886. The van der Waals surface area contributed by atoms with Crippen molar-refractivity contribution in [1.82, 2.24) is 19.6 Å². The summed E-state index contributed by atoms with van der Waals surface area (Å²) in [7, 11) is 5.51. The molecule has 7 nitrogen and oxygen atoms in total. The Labute approximate surface area is 180 Å². The van der Waals surface area contributed by atoms with Crippen molar-refractivity contribution in [3.63, 3.8) is 0 Å². The number of carbonyl (C=O) groups is 1. The molecule has 0 unspecified atom stereocenters. The molecule has 158 valence electrons. The van der Waals surface area contributed by atoms with Gasteiger partial charge in [0.25, 0.3) is 11.5 Å². The van der Waals surface area contributed by atoms with Gasteiger partial charge in [-0.2, -0.15) is 5.10 Å². The van der Waals surface area contributed by atoms with Gasteiger partial charge in [-0.05, 0) is 50.8 Å².